The van der Waals surface area contributed by atoms with E-state index in [1.807, 2.05) is 42.5 Å². The van der Waals surface area contributed by atoms with Gasteiger partial charge in [-0.2, -0.15) is 0 Å². The number of hydrogen-bond donors (Lipinski definition) is 1. The van der Waals surface area contributed by atoms with Crippen molar-refractivity contribution in [3.05, 3.63) is 64.1 Å². The molecule has 0 aliphatic rings. The summed E-state index contributed by atoms with van der Waals surface area (Å²) in [5.74, 6) is 0.818. The molecule has 0 aliphatic heterocycles. The predicted octanol–water partition coefficient (Wildman–Crippen LogP) is 2.41. The Morgan fingerprint density at radius 2 is 1.86 bits per heavy atom. The van der Waals surface area contributed by atoms with E-state index in [0.717, 1.165) is 16.9 Å². The van der Waals surface area contributed by atoms with E-state index in [1.54, 1.807) is 23.9 Å². The van der Waals surface area contributed by atoms with Crippen molar-refractivity contribution in [2.24, 2.45) is 0 Å². The van der Waals surface area contributed by atoms with Gasteiger partial charge in [-0.25, -0.2) is 0 Å². The molecule has 0 saturated carbocycles. The molecule has 1 heterocycles. The van der Waals surface area contributed by atoms with Gasteiger partial charge in [0.25, 0.3) is 5.56 Å². The standard InChI is InChI=1S/C17H19NO3/c1-21-16-7-5-14(6-8-16)3-4-15-9-11-18(10-2-12-19)17(20)13-15/h3-9,11,13,19H,2,10,12H2,1H3/b4-3+. The van der Waals surface area contributed by atoms with E-state index in [9.17, 15) is 4.79 Å². The summed E-state index contributed by atoms with van der Waals surface area (Å²) in [7, 11) is 1.64. The maximum atomic E-state index is 11.9. The lowest BCUT2D eigenvalue weighted by Crippen LogP contribution is -2.19. The monoisotopic (exact) mass is 285 g/mol. The first-order valence-electron chi connectivity index (χ1n) is 6.86. The second kappa shape index (κ2) is 7.45. The zero-order chi connectivity index (χ0) is 15.1. The highest BCUT2D eigenvalue weighted by Gasteiger charge is 1.97. The predicted molar refractivity (Wildman–Crippen MR) is 84.3 cm³/mol. The van der Waals surface area contributed by atoms with Gasteiger partial charge in [-0.15, -0.1) is 0 Å². The molecule has 0 fully saturated rings. The van der Waals surface area contributed by atoms with Crippen LogP contribution in [0.1, 0.15) is 17.5 Å². The lowest BCUT2D eigenvalue weighted by molar-refractivity contribution is 0.279. The number of aromatic nitrogens is 1. The number of hydrogen-bond acceptors (Lipinski definition) is 3. The number of nitrogens with zero attached hydrogens (tertiary/aromatic N) is 1. The highest BCUT2D eigenvalue weighted by Crippen LogP contribution is 2.13. The van der Waals surface area contributed by atoms with Gasteiger partial charge < -0.3 is 14.4 Å². The Labute approximate surface area is 123 Å². The van der Waals surface area contributed by atoms with Crippen LogP contribution in [0.3, 0.4) is 0 Å². The minimum absolute atomic E-state index is 0.0552. The molecule has 0 atom stereocenters. The van der Waals surface area contributed by atoms with Gasteiger partial charge in [0.1, 0.15) is 5.75 Å². The van der Waals surface area contributed by atoms with Crippen LogP contribution in [0.25, 0.3) is 12.2 Å². The third-order valence-corrected chi connectivity index (χ3v) is 3.16. The van der Waals surface area contributed by atoms with Crippen LogP contribution in [0.15, 0.2) is 47.4 Å². The summed E-state index contributed by atoms with van der Waals surface area (Å²) < 4.78 is 6.71. The average Bonchev–Trinajstić information content (AvgIpc) is 2.52. The number of methoxy groups -OCH3 is 1. The van der Waals surface area contributed by atoms with E-state index in [1.165, 1.54) is 0 Å². The van der Waals surface area contributed by atoms with Crippen molar-refractivity contribution in [2.45, 2.75) is 13.0 Å². The van der Waals surface area contributed by atoms with Crippen LogP contribution in [-0.4, -0.2) is 23.4 Å². The second-order valence-corrected chi connectivity index (χ2v) is 4.68. The SMILES string of the molecule is COc1ccc(/C=C/c2ccn(CCCO)c(=O)c2)cc1. The van der Waals surface area contributed by atoms with Crippen molar-refractivity contribution < 1.29 is 9.84 Å². The normalized spacial score (nSPS) is 11.0. The van der Waals surface area contributed by atoms with Gasteiger partial charge in [-0.05, 0) is 35.7 Å². The van der Waals surface area contributed by atoms with Crippen molar-refractivity contribution in [1.29, 1.82) is 0 Å². The molecule has 110 valence electrons. The number of aryl methyl sites for hydroxylation is 1. The first-order chi connectivity index (χ1) is 10.2. The van der Waals surface area contributed by atoms with Crippen molar-refractivity contribution in [2.75, 3.05) is 13.7 Å². The van der Waals surface area contributed by atoms with Crippen LogP contribution in [0.4, 0.5) is 0 Å². The van der Waals surface area contributed by atoms with Crippen LogP contribution >= 0.6 is 0 Å². The topological polar surface area (TPSA) is 51.5 Å². The highest BCUT2D eigenvalue weighted by molar-refractivity contribution is 5.69. The Balaban J connectivity index is 2.09. The zero-order valence-corrected chi connectivity index (χ0v) is 12.0. The second-order valence-electron chi connectivity index (χ2n) is 4.68. The Morgan fingerprint density at radius 3 is 2.48 bits per heavy atom. The highest BCUT2D eigenvalue weighted by atomic mass is 16.5. The Morgan fingerprint density at radius 1 is 1.14 bits per heavy atom. The van der Waals surface area contributed by atoms with Crippen LogP contribution < -0.4 is 10.3 Å². The van der Waals surface area contributed by atoms with Crippen molar-refractivity contribution in [3.63, 3.8) is 0 Å². The van der Waals surface area contributed by atoms with Gasteiger partial charge in [0.15, 0.2) is 0 Å². The van der Waals surface area contributed by atoms with E-state index in [0.29, 0.717) is 13.0 Å². The summed E-state index contributed by atoms with van der Waals surface area (Å²) in [6, 6.07) is 11.2. The smallest absolute Gasteiger partial charge is 0.251 e. The fraction of sp³-hybridized carbons (Fsp3) is 0.235. The summed E-state index contributed by atoms with van der Waals surface area (Å²) in [6.07, 6.45) is 6.19. The molecule has 0 aliphatic carbocycles. The number of aliphatic hydroxyl groups excluding tert-OH is 1. The third kappa shape index (κ3) is 4.33. The molecule has 4 nitrogen and oxygen atoms in total. The van der Waals surface area contributed by atoms with E-state index < -0.39 is 0 Å². The maximum Gasteiger partial charge on any atom is 0.251 e. The quantitative estimate of drug-likeness (QED) is 0.886. The fourth-order valence-electron chi connectivity index (χ4n) is 1.96. The van der Waals surface area contributed by atoms with Gasteiger partial charge in [0.2, 0.25) is 0 Å². The lowest BCUT2D eigenvalue weighted by atomic mass is 10.1. The Bertz CT molecular complexity index is 656. The molecule has 21 heavy (non-hydrogen) atoms. The number of pyridine rings is 1. The number of rotatable bonds is 6. The summed E-state index contributed by atoms with van der Waals surface area (Å²) in [5.41, 5.74) is 1.84. The van der Waals surface area contributed by atoms with Gasteiger partial charge in [0.05, 0.1) is 7.11 Å². The largest absolute Gasteiger partial charge is 0.497 e. The molecular formula is C17H19NO3. The maximum absolute atomic E-state index is 11.9. The van der Waals surface area contributed by atoms with Gasteiger partial charge in [-0.1, -0.05) is 24.3 Å². The zero-order valence-electron chi connectivity index (χ0n) is 12.0. The van der Waals surface area contributed by atoms with E-state index in [2.05, 4.69) is 0 Å². The van der Waals surface area contributed by atoms with Crippen LogP contribution in [0, 0.1) is 0 Å². The van der Waals surface area contributed by atoms with Crippen molar-refractivity contribution >= 4 is 12.2 Å². The molecule has 4 heteroatoms. The molecule has 0 saturated heterocycles. The summed E-state index contributed by atoms with van der Waals surface area (Å²) >= 11 is 0. The summed E-state index contributed by atoms with van der Waals surface area (Å²) in [5, 5.41) is 8.79. The molecule has 0 amide bonds. The molecule has 1 aromatic heterocycles. The molecule has 0 radical (unpaired) electrons. The first-order valence-corrected chi connectivity index (χ1v) is 6.86. The van der Waals surface area contributed by atoms with Crippen LogP contribution in [-0.2, 0) is 6.54 Å². The molecule has 2 rings (SSSR count). The number of aliphatic hydroxyl groups is 1. The number of benzene rings is 1. The van der Waals surface area contributed by atoms with Crippen molar-refractivity contribution in [3.8, 4) is 5.75 Å². The Kier molecular flexibility index (Phi) is 5.35. The van der Waals surface area contributed by atoms with Crippen LogP contribution in [0.2, 0.25) is 0 Å². The van der Waals surface area contributed by atoms with Crippen LogP contribution in [0.5, 0.6) is 5.75 Å². The van der Waals surface area contributed by atoms with Gasteiger partial charge >= 0.3 is 0 Å². The minimum Gasteiger partial charge on any atom is -0.497 e. The minimum atomic E-state index is -0.0552. The molecule has 0 unspecified atom stereocenters. The fourth-order valence-corrected chi connectivity index (χ4v) is 1.96. The Hall–Kier alpha value is -2.33. The van der Waals surface area contributed by atoms with E-state index in [-0.39, 0.29) is 12.2 Å². The lowest BCUT2D eigenvalue weighted by Gasteiger charge is -2.04. The molecule has 0 bridgehead atoms. The summed E-state index contributed by atoms with van der Waals surface area (Å²) in [6.45, 7) is 0.628. The summed E-state index contributed by atoms with van der Waals surface area (Å²) in [4.78, 5) is 11.9. The molecular weight excluding hydrogens is 266 g/mol. The third-order valence-electron chi connectivity index (χ3n) is 3.16. The van der Waals surface area contributed by atoms with Crippen molar-refractivity contribution in [1.82, 2.24) is 4.57 Å². The number of ether oxygens (including phenoxy) is 1. The average molecular weight is 285 g/mol. The molecule has 1 N–H and O–H groups in total. The molecule has 1 aromatic carbocycles. The van der Waals surface area contributed by atoms with E-state index >= 15 is 0 Å². The molecule has 0 spiro atoms. The van der Waals surface area contributed by atoms with Gasteiger partial charge in [0, 0.05) is 25.4 Å². The van der Waals surface area contributed by atoms with E-state index in [4.69, 9.17) is 9.84 Å². The first kappa shape index (κ1) is 15.1. The van der Waals surface area contributed by atoms with Gasteiger partial charge in [-0.3, -0.25) is 4.79 Å². The molecule has 2 aromatic rings.